The molecule has 0 aliphatic carbocycles. The van der Waals surface area contributed by atoms with Gasteiger partial charge < -0.3 is 14.6 Å². The lowest BCUT2D eigenvalue weighted by Crippen LogP contribution is -2.33. The van der Waals surface area contributed by atoms with Crippen molar-refractivity contribution in [2.45, 2.75) is 25.4 Å². The van der Waals surface area contributed by atoms with E-state index in [1.54, 1.807) is 0 Å². The van der Waals surface area contributed by atoms with Crippen LogP contribution < -0.4 is 10.2 Å². The van der Waals surface area contributed by atoms with E-state index >= 15 is 0 Å². The summed E-state index contributed by atoms with van der Waals surface area (Å²) in [6.07, 6.45) is -0.264. The van der Waals surface area contributed by atoms with Gasteiger partial charge in [-0.15, -0.1) is 0 Å². The molecule has 5 heteroatoms. The molecular weight excluding hydrogens is 576 g/mol. The summed E-state index contributed by atoms with van der Waals surface area (Å²) in [6, 6.07) is 50.7. The second-order valence-electron chi connectivity index (χ2n) is 12.7. The number of furan rings is 1. The first kappa shape index (κ1) is 27.4. The summed E-state index contributed by atoms with van der Waals surface area (Å²) in [6.45, 7) is 4.62. The fourth-order valence-corrected chi connectivity index (χ4v) is 7.15. The van der Waals surface area contributed by atoms with Gasteiger partial charge in [-0.25, -0.2) is 9.98 Å². The van der Waals surface area contributed by atoms with E-state index in [9.17, 15) is 0 Å². The van der Waals surface area contributed by atoms with Gasteiger partial charge in [0.05, 0.1) is 17.1 Å². The zero-order valence-corrected chi connectivity index (χ0v) is 26.2. The van der Waals surface area contributed by atoms with E-state index in [0.717, 1.165) is 50.2 Å². The van der Waals surface area contributed by atoms with Gasteiger partial charge in [-0.1, -0.05) is 129 Å². The third-order valence-corrected chi connectivity index (χ3v) is 9.52. The van der Waals surface area contributed by atoms with E-state index < -0.39 is 0 Å². The highest BCUT2D eigenvalue weighted by Crippen LogP contribution is 2.53. The van der Waals surface area contributed by atoms with Crippen molar-refractivity contribution in [2.75, 3.05) is 4.90 Å². The molecule has 0 fully saturated rings. The molecule has 5 nitrogen and oxygen atoms in total. The number of anilines is 3. The van der Waals surface area contributed by atoms with Crippen LogP contribution in [0.15, 0.2) is 160 Å². The quantitative estimate of drug-likeness (QED) is 0.216. The molecule has 7 aromatic rings. The van der Waals surface area contributed by atoms with Crippen LogP contribution in [-0.2, 0) is 5.41 Å². The summed E-state index contributed by atoms with van der Waals surface area (Å²) >= 11 is 0. The molecule has 1 atom stereocenters. The summed E-state index contributed by atoms with van der Waals surface area (Å²) in [5.74, 6) is 1.46. The highest BCUT2D eigenvalue weighted by molar-refractivity contribution is 6.16. The standard InChI is InChI=1S/C42H32N4O/c1-42(2)32-19-9-11-21-34(32)46(35-22-12-10-20-33(35)42)36-23-13-18-31-30-25-24-29(26-37(30)47-38(31)36)41-44-39(27-14-5-3-6-15-27)43-40(45-41)28-16-7-4-8-17-28/h3-26,39H,1-2H3,(H,43,44,45). The predicted molar refractivity (Wildman–Crippen MR) is 192 cm³/mol. The van der Waals surface area contributed by atoms with Crippen molar-refractivity contribution in [3.05, 3.63) is 173 Å². The predicted octanol–water partition coefficient (Wildman–Crippen LogP) is 10.2. The molecule has 0 spiro atoms. The van der Waals surface area contributed by atoms with Crippen LogP contribution in [0.4, 0.5) is 17.1 Å². The van der Waals surface area contributed by atoms with Gasteiger partial charge in [-0.2, -0.15) is 0 Å². The van der Waals surface area contributed by atoms with Gasteiger partial charge >= 0.3 is 0 Å². The third kappa shape index (κ3) is 4.38. The number of nitrogens with one attached hydrogen (secondary N) is 1. The van der Waals surface area contributed by atoms with E-state index in [0.29, 0.717) is 5.84 Å². The fraction of sp³-hybridized carbons (Fsp3) is 0.0952. The number of hydrogen-bond donors (Lipinski definition) is 1. The van der Waals surface area contributed by atoms with Crippen molar-refractivity contribution in [1.29, 1.82) is 0 Å². The largest absolute Gasteiger partial charge is 0.454 e. The Balaban J connectivity index is 1.19. The van der Waals surface area contributed by atoms with Crippen molar-refractivity contribution in [1.82, 2.24) is 5.32 Å². The Morgan fingerprint density at radius 2 is 1.26 bits per heavy atom. The van der Waals surface area contributed by atoms with Crippen LogP contribution in [-0.4, -0.2) is 11.7 Å². The van der Waals surface area contributed by atoms with Gasteiger partial charge in [0.2, 0.25) is 0 Å². The highest BCUT2D eigenvalue weighted by atomic mass is 16.3. The van der Waals surface area contributed by atoms with Gasteiger partial charge in [0.1, 0.15) is 17.6 Å². The zero-order chi connectivity index (χ0) is 31.5. The molecule has 6 aromatic carbocycles. The van der Waals surface area contributed by atoms with Gasteiger partial charge in [0, 0.05) is 27.3 Å². The minimum absolute atomic E-state index is 0.131. The van der Waals surface area contributed by atoms with Crippen LogP contribution in [0.25, 0.3) is 21.9 Å². The number of rotatable bonds is 4. The van der Waals surface area contributed by atoms with E-state index in [2.05, 4.69) is 133 Å². The van der Waals surface area contributed by atoms with E-state index in [1.165, 1.54) is 22.5 Å². The van der Waals surface area contributed by atoms with Crippen LogP contribution in [0.1, 0.15) is 47.8 Å². The van der Waals surface area contributed by atoms with Crippen molar-refractivity contribution in [3.63, 3.8) is 0 Å². The minimum Gasteiger partial charge on any atom is -0.454 e. The van der Waals surface area contributed by atoms with Crippen LogP contribution >= 0.6 is 0 Å². The molecule has 0 radical (unpaired) electrons. The molecule has 0 bridgehead atoms. The van der Waals surface area contributed by atoms with Crippen LogP contribution in [0, 0.1) is 0 Å². The lowest BCUT2D eigenvalue weighted by atomic mass is 9.73. The molecule has 47 heavy (non-hydrogen) atoms. The van der Waals surface area contributed by atoms with Gasteiger partial charge in [-0.3, -0.25) is 0 Å². The lowest BCUT2D eigenvalue weighted by Gasteiger charge is -2.41. The second-order valence-corrected chi connectivity index (χ2v) is 12.7. The molecule has 1 unspecified atom stereocenters. The number of fused-ring (bicyclic) bond motifs is 5. The monoisotopic (exact) mass is 608 g/mol. The van der Waals surface area contributed by atoms with Crippen molar-refractivity contribution in [3.8, 4) is 0 Å². The van der Waals surface area contributed by atoms with Crippen LogP contribution in [0.5, 0.6) is 0 Å². The molecule has 1 aromatic heterocycles. The second kappa shape index (κ2) is 10.6. The Hall–Kier alpha value is -5.94. The van der Waals surface area contributed by atoms with Gasteiger partial charge in [0.15, 0.2) is 11.4 Å². The first-order chi connectivity index (χ1) is 23.1. The summed E-state index contributed by atoms with van der Waals surface area (Å²) in [5.41, 5.74) is 10.5. The fourth-order valence-electron chi connectivity index (χ4n) is 7.15. The molecule has 1 N–H and O–H groups in total. The highest BCUT2D eigenvalue weighted by Gasteiger charge is 2.37. The average Bonchev–Trinajstić information content (AvgIpc) is 3.51. The van der Waals surface area contributed by atoms with Gasteiger partial charge in [0.25, 0.3) is 0 Å². The average molecular weight is 609 g/mol. The Bertz CT molecular complexity index is 2320. The van der Waals surface area contributed by atoms with Crippen molar-refractivity contribution < 1.29 is 4.42 Å². The van der Waals surface area contributed by atoms with E-state index in [1.807, 2.05) is 36.4 Å². The normalized spacial score (nSPS) is 16.6. The summed E-state index contributed by atoms with van der Waals surface area (Å²) in [5, 5.41) is 5.74. The summed E-state index contributed by atoms with van der Waals surface area (Å²) in [7, 11) is 0. The molecule has 0 saturated heterocycles. The number of benzene rings is 6. The SMILES string of the molecule is CC1(C)c2ccccc2N(c2cccc3c2oc2cc(C4=NC(c5ccccc5)=NC(c5ccccc5)N4)ccc23)c2ccccc21. The van der Waals surface area contributed by atoms with Gasteiger partial charge in [-0.05, 0) is 47.0 Å². The Morgan fingerprint density at radius 3 is 1.98 bits per heavy atom. The molecular formula is C42H32N4O. The molecule has 2 aliphatic heterocycles. The maximum Gasteiger partial charge on any atom is 0.159 e. The summed E-state index contributed by atoms with van der Waals surface area (Å²) in [4.78, 5) is 12.4. The number of aliphatic imine (C=N–C) groups is 2. The van der Waals surface area contributed by atoms with Crippen molar-refractivity contribution in [2.24, 2.45) is 9.98 Å². The topological polar surface area (TPSA) is 53.1 Å². The molecule has 9 rings (SSSR count). The number of amidine groups is 2. The molecule has 0 amide bonds. The maximum absolute atomic E-state index is 6.82. The Labute approximate surface area is 273 Å². The zero-order valence-electron chi connectivity index (χ0n) is 26.2. The molecule has 3 heterocycles. The van der Waals surface area contributed by atoms with E-state index in [4.69, 9.17) is 14.4 Å². The molecule has 0 saturated carbocycles. The smallest absolute Gasteiger partial charge is 0.159 e. The lowest BCUT2D eigenvalue weighted by molar-refractivity contribution is 0.630. The Kier molecular flexibility index (Phi) is 6.15. The molecule has 2 aliphatic rings. The van der Waals surface area contributed by atoms with E-state index in [-0.39, 0.29) is 11.6 Å². The first-order valence-electron chi connectivity index (χ1n) is 16.0. The first-order valence-corrected chi connectivity index (χ1v) is 16.0. The van der Waals surface area contributed by atoms with Crippen LogP contribution in [0.3, 0.4) is 0 Å². The van der Waals surface area contributed by atoms with Crippen molar-refractivity contribution >= 4 is 50.7 Å². The Morgan fingerprint density at radius 1 is 0.617 bits per heavy atom. The van der Waals surface area contributed by atoms with Crippen LogP contribution in [0.2, 0.25) is 0 Å². The third-order valence-electron chi connectivity index (χ3n) is 9.52. The maximum atomic E-state index is 6.82. The number of hydrogen-bond acceptors (Lipinski definition) is 5. The number of para-hydroxylation sites is 3. The molecule has 226 valence electrons. The number of nitrogens with zero attached hydrogens (tertiary/aromatic N) is 3. The summed E-state index contributed by atoms with van der Waals surface area (Å²) < 4.78 is 6.82. The minimum atomic E-state index is -0.264.